The largest absolute Gasteiger partial charge is 0.480 e. The van der Waals surface area contributed by atoms with Gasteiger partial charge in [0.2, 0.25) is 5.91 Å². The summed E-state index contributed by atoms with van der Waals surface area (Å²) in [6.45, 7) is 2.58. The quantitative estimate of drug-likeness (QED) is 0.588. The van der Waals surface area contributed by atoms with Gasteiger partial charge in [-0.15, -0.1) is 0 Å². The van der Waals surface area contributed by atoms with E-state index in [0.29, 0.717) is 6.42 Å². The van der Waals surface area contributed by atoms with E-state index in [-0.39, 0.29) is 17.9 Å². The number of carbonyl (C=O) groups excluding carboxylic acids is 2. The number of rotatable bonds is 9. The predicted octanol–water partition coefficient (Wildman–Crippen LogP) is 2.38. The zero-order chi connectivity index (χ0) is 31.6. The van der Waals surface area contributed by atoms with E-state index in [4.69, 9.17) is 19.8 Å². The van der Waals surface area contributed by atoms with E-state index in [1.807, 2.05) is 0 Å². The molecule has 2 fully saturated rings. The molecule has 2 N–H and O–H groups in total. The van der Waals surface area contributed by atoms with E-state index in [1.165, 1.54) is 6.92 Å². The fourth-order valence-corrected chi connectivity index (χ4v) is 3.22. The molecule has 2 aliphatic rings. The summed E-state index contributed by atoms with van der Waals surface area (Å²) < 4.78 is 97.8. The van der Waals surface area contributed by atoms with Gasteiger partial charge in [0, 0.05) is 18.4 Å². The van der Waals surface area contributed by atoms with Crippen LogP contribution >= 0.6 is 0 Å². The van der Waals surface area contributed by atoms with Gasteiger partial charge in [-0.2, -0.15) is 0 Å². The molecule has 164 valence electrons. The first-order valence-electron chi connectivity index (χ1n) is 15.1. The molecule has 7 nitrogen and oxygen atoms in total. The van der Waals surface area contributed by atoms with E-state index in [1.54, 1.807) is 30.3 Å². The highest BCUT2D eigenvalue weighted by atomic mass is 16.5. The van der Waals surface area contributed by atoms with Gasteiger partial charge in [0.15, 0.2) is 0 Å². The summed E-state index contributed by atoms with van der Waals surface area (Å²) in [5.74, 6) is -8.80. The lowest BCUT2D eigenvalue weighted by Gasteiger charge is -2.31. The van der Waals surface area contributed by atoms with Crippen LogP contribution in [0.4, 0.5) is 0 Å². The van der Waals surface area contributed by atoms with Gasteiger partial charge in [0.1, 0.15) is 12.1 Å². The fourth-order valence-electron chi connectivity index (χ4n) is 3.22. The van der Waals surface area contributed by atoms with Gasteiger partial charge < -0.3 is 14.7 Å². The number of hydrogen-bond donors (Lipinski definition) is 2. The highest BCUT2D eigenvalue weighted by Gasteiger charge is 2.49. The van der Waals surface area contributed by atoms with Crippen LogP contribution in [0, 0.1) is 5.89 Å². The van der Waals surface area contributed by atoms with Crippen LogP contribution in [0.25, 0.3) is 0 Å². The van der Waals surface area contributed by atoms with Crippen molar-refractivity contribution >= 4 is 17.8 Å². The number of likely N-dealkylation sites (tertiary alicyclic amines) is 1. The summed E-state index contributed by atoms with van der Waals surface area (Å²) >= 11 is 0. The molecule has 1 aromatic rings. The summed E-state index contributed by atoms with van der Waals surface area (Å²) in [6, 6.07) is -1.90. The highest BCUT2D eigenvalue weighted by molar-refractivity contribution is 5.88. The van der Waals surface area contributed by atoms with Gasteiger partial charge in [0.25, 0.3) is 0 Å². The third-order valence-electron chi connectivity index (χ3n) is 4.68. The lowest BCUT2D eigenvalue weighted by molar-refractivity contribution is -0.151. The molecule has 0 unspecified atom stereocenters. The fraction of sp³-hybridized carbons (Fsp3) is 0.609. The van der Waals surface area contributed by atoms with Gasteiger partial charge >= 0.3 is 11.9 Å². The summed E-state index contributed by atoms with van der Waals surface area (Å²) in [7, 11) is 0. The van der Waals surface area contributed by atoms with Crippen LogP contribution in [0.2, 0.25) is 0 Å². The SMILES string of the molecule is [2H]C1([2H])C([2H])([2H])[C@@]2([2H])C([2H])([2H])[C@@]([2H])(C(=O)O)N(C(=O)[C@H](C)N[C@@H](CCc3ccccc3)C(=O)OCC)[C@@]2([2H])C1([2H])[2H]. The zero-order valence-corrected chi connectivity index (χ0v) is 16.7. The minimum absolute atomic E-state index is 0.0343. The van der Waals surface area contributed by atoms with E-state index in [0.717, 1.165) is 12.5 Å². The first-order chi connectivity index (χ1) is 18.6. The molecular weight excluding hydrogens is 384 g/mol. The van der Waals surface area contributed by atoms with E-state index >= 15 is 0 Å². The van der Waals surface area contributed by atoms with Crippen molar-refractivity contribution < 1.29 is 39.3 Å². The Hall–Kier alpha value is -2.41. The van der Waals surface area contributed by atoms with Crippen molar-refractivity contribution in [3.63, 3.8) is 0 Å². The Morgan fingerprint density at radius 2 is 2.07 bits per heavy atom. The van der Waals surface area contributed by atoms with Gasteiger partial charge in [-0.05, 0) is 57.3 Å². The zero-order valence-electron chi connectivity index (χ0n) is 27.7. The second-order valence-corrected chi connectivity index (χ2v) is 6.77. The number of benzene rings is 1. The molecule has 30 heavy (non-hydrogen) atoms. The molecule has 0 radical (unpaired) electrons. The number of carbonyl (C=O) groups is 3. The molecule has 7 heteroatoms. The van der Waals surface area contributed by atoms with Gasteiger partial charge in [0.05, 0.1) is 15.4 Å². The molecular formula is C23H32N2O5. The van der Waals surface area contributed by atoms with Crippen molar-refractivity contribution in [2.75, 3.05) is 6.61 Å². The number of fused-ring (bicyclic) bond motifs is 1. The standard InChI is InChI=1S/C23H32N2O5/c1-3-30-23(29)18(13-12-16-8-5-4-6-9-16)24-15(2)21(26)25-19-11-7-10-17(19)14-20(25)22(27)28/h4-6,8-9,15,17-20,24H,3,7,10-14H2,1-2H3,(H,27,28)/t15-,17-,18-,19-,20-/m0/s1/i7D2,10D2,11D2,14D2,17D,19D,20D. The number of aliphatic carboxylic acids is 1. The highest BCUT2D eigenvalue weighted by Crippen LogP contribution is 2.41. The van der Waals surface area contributed by atoms with Crippen molar-refractivity contribution in [2.24, 2.45) is 5.89 Å². The van der Waals surface area contributed by atoms with Gasteiger partial charge in [-0.25, -0.2) is 4.79 Å². The summed E-state index contributed by atoms with van der Waals surface area (Å²) in [6.07, 6.45) is -15.2. The number of nitrogens with one attached hydrogen (secondary N) is 1. The topological polar surface area (TPSA) is 95.9 Å². The number of carboxylic acids is 1. The van der Waals surface area contributed by atoms with E-state index in [9.17, 15) is 19.5 Å². The molecule has 1 saturated carbocycles. The lowest BCUT2D eigenvalue weighted by atomic mass is 10.0. The minimum Gasteiger partial charge on any atom is -0.480 e. The molecule has 0 aromatic heterocycles. The number of nitrogens with zero attached hydrogens (tertiary/aromatic N) is 1. The first kappa shape index (κ1) is 11.8. The third kappa shape index (κ3) is 5.01. The minimum atomic E-state index is -4.02. The maximum atomic E-state index is 13.9. The van der Waals surface area contributed by atoms with Gasteiger partial charge in [-0.3, -0.25) is 14.9 Å². The maximum Gasteiger partial charge on any atom is 0.326 e. The van der Waals surface area contributed by atoms with Crippen LogP contribution in [0.5, 0.6) is 0 Å². The molecule has 1 heterocycles. The van der Waals surface area contributed by atoms with Crippen molar-refractivity contribution in [1.29, 1.82) is 0 Å². The molecule has 1 aliphatic heterocycles. The normalized spacial score (nSPS) is 44.3. The number of amides is 1. The van der Waals surface area contributed by atoms with Crippen molar-refractivity contribution in [3.8, 4) is 0 Å². The Balaban J connectivity index is 2.12. The summed E-state index contributed by atoms with van der Waals surface area (Å²) in [4.78, 5) is 38.7. The van der Waals surface area contributed by atoms with Crippen LogP contribution in [0.15, 0.2) is 30.3 Å². The van der Waals surface area contributed by atoms with E-state index < -0.39 is 73.4 Å². The number of esters is 1. The smallest absolute Gasteiger partial charge is 0.326 e. The van der Waals surface area contributed by atoms with Crippen LogP contribution in [-0.4, -0.2) is 58.6 Å². The number of ether oxygens (including phenoxy) is 1. The number of hydrogen-bond acceptors (Lipinski definition) is 5. The number of carboxylic acid groups (broad SMARTS) is 1. The monoisotopic (exact) mass is 427 g/mol. The average molecular weight is 428 g/mol. The maximum absolute atomic E-state index is 13.9. The summed E-state index contributed by atoms with van der Waals surface area (Å²) in [5, 5.41) is 12.6. The molecule has 5 atom stereocenters. The molecule has 1 saturated heterocycles. The van der Waals surface area contributed by atoms with Crippen LogP contribution in [0.1, 0.15) is 66.4 Å². The lowest BCUT2D eigenvalue weighted by Crippen LogP contribution is -2.55. The predicted molar refractivity (Wildman–Crippen MR) is 112 cm³/mol. The Morgan fingerprint density at radius 1 is 1.33 bits per heavy atom. The molecule has 1 amide bonds. The molecule has 3 rings (SSSR count). The van der Waals surface area contributed by atoms with E-state index in [2.05, 4.69) is 5.32 Å². The molecule has 0 spiro atoms. The summed E-state index contributed by atoms with van der Waals surface area (Å²) in [5.41, 5.74) is 0.819. The van der Waals surface area contributed by atoms with Crippen molar-refractivity contribution in [2.45, 2.75) is 76.3 Å². The van der Waals surface area contributed by atoms with Crippen LogP contribution < -0.4 is 5.32 Å². The third-order valence-corrected chi connectivity index (χ3v) is 4.68. The second kappa shape index (κ2) is 10.1. The molecule has 1 aromatic carbocycles. The van der Waals surface area contributed by atoms with Crippen LogP contribution in [0.3, 0.4) is 0 Å². The Morgan fingerprint density at radius 3 is 2.73 bits per heavy atom. The first-order valence-corrected chi connectivity index (χ1v) is 9.61. The Labute approximate surface area is 193 Å². The van der Waals surface area contributed by atoms with Crippen molar-refractivity contribution in [3.05, 3.63) is 35.9 Å². The van der Waals surface area contributed by atoms with Gasteiger partial charge in [-0.1, -0.05) is 36.7 Å². The Bertz CT molecular complexity index is 1220. The van der Waals surface area contributed by atoms with Crippen LogP contribution in [-0.2, 0) is 25.5 Å². The molecule has 1 aliphatic carbocycles. The number of aryl methyl sites for hydroxylation is 1. The molecule has 0 bridgehead atoms. The Kier molecular flexibility index (Phi) is 3.97. The van der Waals surface area contributed by atoms with Crippen molar-refractivity contribution in [1.82, 2.24) is 10.2 Å². The second-order valence-electron chi connectivity index (χ2n) is 6.77. The average Bonchev–Trinajstić information content (AvgIpc) is 3.04.